The fraction of sp³-hybridized carbons (Fsp3) is 0.381. The van der Waals surface area contributed by atoms with E-state index in [0.29, 0.717) is 6.42 Å². The zero-order valence-electron chi connectivity index (χ0n) is 14.3. The summed E-state index contributed by atoms with van der Waals surface area (Å²) < 4.78 is 5.73. The van der Waals surface area contributed by atoms with Crippen molar-refractivity contribution in [1.29, 1.82) is 0 Å². The first-order valence-corrected chi connectivity index (χ1v) is 8.70. The lowest BCUT2D eigenvalue weighted by Crippen LogP contribution is -2.14. The van der Waals surface area contributed by atoms with Gasteiger partial charge in [0.2, 0.25) is 0 Å². The largest absolute Gasteiger partial charge is 0.494 e. The zero-order chi connectivity index (χ0) is 17.2. The molecule has 0 saturated heterocycles. The molecule has 1 N–H and O–H groups in total. The van der Waals surface area contributed by atoms with Crippen LogP contribution in [0.25, 0.3) is 0 Å². The van der Waals surface area contributed by atoms with E-state index in [1.54, 1.807) is 0 Å². The van der Waals surface area contributed by atoms with Gasteiger partial charge in [-0.15, -0.1) is 0 Å². The second-order valence-corrected chi connectivity index (χ2v) is 6.06. The van der Waals surface area contributed by atoms with Crippen molar-refractivity contribution in [3.05, 3.63) is 65.7 Å². The Morgan fingerprint density at radius 1 is 1.00 bits per heavy atom. The molecule has 0 amide bonds. The van der Waals surface area contributed by atoms with Crippen LogP contribution in [0.1, 0.15) is 49.7 Å². The molecule has 2 aromatic carbocycles. The van der Waals surface area contributed by atoms with Gasteiger partial charge < -0.3 is 9.84 Å². The topological polar surface area (TPSA) is 46.5 Å². The first-order valence-electron chi connectivity index (χ1n) is 8.70. The van der Waals surface area contributed by atoms with Gasteiger partial charge in [-0.2, -0.15) is 0 Å². The summed E-state index contributed by atoms with van der Waals surface area (Å²) >= 11 is 0. The predicted octanol–water partition coefficient (Wildman–Crippen LogP) is 5.06. The van der Waals surface area contributed by atoms with E-state index < -0.39 is 11.9 Å². The molecule has 0 saturated carbocycles. The summed E-state index contributed by atoms with van der Waals surface area (Å²) in [5, 5.41) is 9.50. The fourth-order valence-corrected chi connectivity index (χ4v) is 2.71. The molecule has 0 spiro atoms. The predicted molar refractivity (Wildman–Crippen MR) is 96.6 cm³/mol. The van der Waals surface area contributed by atoms with Gasteiger partial charge in [0.15, 0.2) is 0 Å². The third-order valence-corrected chi connectivity index (χ3v) is 4.13. The average Bonchev–Trinajstić information content (AvgIpc) is 2.61. The summed E-state index contributed by atoms with van der Waals surface area (Å²) in [7, 11) is 0. The molecule has 0 radical (unpaired) electrons. The monoisotopic (exact) mass is 326 g/mol. The molecule has 0 bridgehead atoms. The highest BCUT2D eigenvalue weighted by molar-refractivity contribution is 5.76. The van der Waals surface area contributed by atoms with E-state index in [2.05, 4.69) is 6.92 Å². The minimum atomic E-state index is -0.794. The highest BCUT2D eigenvalue weighted by Gasteiger charge is 2.19. The van der Waals surface area contributed by atoms with Crippen LogP contribution in [0.3, 0.4) is 0 Å². The lowest BCUT2D eigenvalue weighted by molar-refractivity contribution is -0.138. The molecule has 0 aliphatic heterocycles. The standard InChI is InChI=1S/C21H26O3/c1-2-3-4-8-15-24-19-13-11-17(12-14-19)16-20(21(22)23)18-9-6-5-7-10-18/h5-7,9-14,20H,2-4,8,15-16H2,1H3,(H,22,23). The second-order valence-electron chi connectivity index (χ2n) is 6.06. The smallest absolute Gasteiger partial charge is 0.311 e. The van der Waals surface area contributed by atoms with Crippen LogP contribution in [0, 0.1) is 0 Å². The molecular weight excluding hydrogens is 300 g/mol. The Hall–Kier alpha value is -2.29. The van der Waals surface area contributed by atoms with Crippen LogP contribution in [-0.4, -0.2) is 17.7 Å². The summed E-state index contributed by atoms with van der Waals surface area (Å²) in [6.07, 6.45) is 5.23. The molecule has 3 nitrogen and oxygen atoms in total. The Kier molecular flexibility index (Phi) is 7.34. The summed E-state index contributed by atoms with van der Waals surface area (Å²) in [5.41, 5.74) is 1.84. The van der Waals surface area contributed by atoms with Crippen molar-refractivity contribution in [3.8, 4) is 5.75 Å². The molecular formula is C21H26O3. The van der Waals surface area contributed by atoms with Gasteiger partial charge in [-0.1, -0.05) is 68.7 Å². The van der Waals surface area contributed by atoms with Crippen molar-refractivity contribution in [1.82, 2.24) is 0 Å². The lowest BCUT2D eigenvalue weighted by Gasteiger charge is -2.13. The number of carboxylic acids is 1. The number of hydrogen-bond donors (Lipinski definition) is 1. The summed E-state index contributed by atoms with van der Waals surface area (Å²) in [6, 6.07) is 17.2. The van der Waals surface area contributed by atoms with Crippen molar-refractivity contribution in [2.75, 3.05) is 6.61 Å². The van der Waals surface area contributed by atoms with Gasteiger partial charge in [0, 0.05) is 0 Å². The number of rotatable bonds is 10. The number of ether oxygens (including phenoxy) is 1. The molecule has 2 rings (SSSR count). The number of benzene rings is 2. The highest BCUT2D eigenvalue weighted by atomic mass is 16.5. The molecule has 0 aliphatic carbocycles. The Morgan fingerprint density at radius 3 is 2.33 bits per heavy atom. The van der Waals surface area contributed by atoms with Crippen LogP contribution in [0.5, 0.6) is 5.75 Å². The van der Waals surface area contributed by atoms with Crippen LogP contribution in [0.2, 0.25) is 0 Å². The van der Waals surface area contributed by atoms with Gasteiger partial charge in [-0.25, -0.2) is 0 Å². The van der Waals surface area contributed by atoms with Crippen LogP contribution in [-0.2, 0) is 11.2 Å². The lowest BCUT2D eigenvalue weighted by atomic mass is 9.92. The maximum absolute atomic E-state index is 11.6. The van der Waals surface area contributed by atoms with E-state index in [1.165, 1.54) is 19.3 Å². The Bertz CT molecular complexity index is 605. The Labute approximate surface area is 144 Å². The van der Waals surface area contributed by atoms with Gasteiger partial charge in [-0.3, -0.25) is 4.79 Å². The maximum Gasteiger partial charge on any atom is 0.311 e. The highest BCUT2D eigenvalue weighted by Crippen LogP contribution is 2.23. The minimum Gasteiger partial charge on any atom is -0.494 e. The molecule has 2 aromatic rings. The second kappa shape index (κ2) is 9.76. The molecule has 128 valence electrons. The molecule has 0 fully saturated rings. The number of hydrogen-bond acceptors (Lipinski definition) is 2. The summed E-state index contributed by atoms with van der Waals surface area (Å²) in [5.74, 6) is -0.466. The van der Waals surface area contributed by atoms with Crippen molar-refractivity contribution in [3.63, 3.8) is 0 Å². The zero-order valence-corrected chi connectivity index (χ0v) is 14.3. The van der Waals surface area contributed by atoms with Crippen molar-refractivity contribution in [2.24, 2.45) is 0 Å². The van der Waals surface area contributed by atoms with Crippen molar-refractivity contribution >= 4 is 5.97 Å². The third-order valence-electron chi connectivity index (χ3n) is 4.13. The maximum atomic E-state index is 11.6. The van der Waals surface area contributed by atoms with E-state index in [1.807, 2.05) is 54.6 Å². The van der Waals surface area contributed by atoms with Crippen LogP contribution in [0.15, 0.2) is 54.6 Å². The third kappa shape index (κ3) is 5.73. The van der Waals surface area contributed by atoms with Gasteiger partial charge in [0.25, 0.3) is 0 Å². The fourth-order valence-electron chi connectivity index (χ4n) is 2.71. The Morgan fingerprint density at radius 2 is 1.71 bits per heavy atom. The summed E-state index contributed by atoms with van der Waals surface area (Å²) in [4.78, 5) is 11.6. The molecule has 0 aliphatic rings. The quantitative estimate of drug-likeness (QED) is 0.621. The van der Waals surface area contributed by atoms with Gasteiger partial charge in [0.1, 0.15) is 5.75 Å². The normalized spacial score (nSPS) is 11.9. The van der Waals surface area contributed by atoms with Gasteiger partial charge in [-0.05, 0) is 36.1 Å². The number of aliphatic carboxylic acids is 1. The number of unbranched alkanes of at least 4 members (excludes halogenated alkanes) is 3. The van der Waals surface area contributed by atoms with E-state index in [-0.39, 0.29) is 0 Å². The van der Waals surface area contributed by atoms with E-state index in [4.69, 9.17) is 4.74 Å². The Balaban J connectivity index is 1.91. The van der Waals surface area contributed by atoms with Crippen LogP contribution < -0.4 is 4.74 Å². The van der Waals surface area contributed by atoms with Crippen molar-refractivity contribution < 1.29 is 14.6 Å². The molecule has 0 aromatic heterocycles. The van der Waals surface area contributed by atoms with Gasteiger partial charge in [0.05, 0.1) is 12.5 Å². The first-order chi connectivity index (χ1) is 11.7. The van der Waals surface area contributed by atoms with E-state index >= 15 is 0 Å². The molecule has 1 unspecified atom stereocenters. The van der Waals surface area contributed by atoms with Crippen molar-refractivity contribution in [2.45, 2.75) is 44.9 Å². The van der Waals surface area contributed by atoms with E-state index in [9.17, 15) is 9.90 Å². The number of carboxylic acid groups (broad SMARTS) is 1. The molecule has 3 heteroatoms. The van der Waals surface area contributed by atoms with Crippen LogP contribution >= 0.6 is 0 Å². The van der Waals surface area contributed by atoms with Crippen LogP contribution in [0.4, 0.5) is 0 Å². The molecule has 1 atom stereocenters. The molecule has 24 heavy (non-hydrogen) atoms. The molecule has 0 heterocycles. The first kappa shape index (κ1) is 18.1. The average molecular weight is 326 g/mol. The summed E-state index contributed by atoms with van der Waals surface area (Å²) in [6.45, 7) is 2.93. The van der Waals surface area contributed by atoms with Gasteiger partial charge >= 0.3 is 5.97 Å². The minimum absolute atomic E-state index is 0.482. The SMILES string of the molecule is CCCCCCOc1ccc(CC(C(=O)O)c2ccccc2)cc1. The number of carbonyl (C=O) groups is 1. The van der Waals surface area contributed by atoms with E-state index in [0.717, 1.165) is 29.9 Å².